The zero-order valence-electron chi connectivity index (χ0n) is 19.4. The summed E-state index contributed by atoms with van der Waals surface area (Å²) in [4.78, 5) is 53.3. The third-order valence-corrected chi connectivity index (χ3v) is 6.93. The average molecular weight is 635 g/mol. The molecule has 0 atom stereocenters. The number of benzene rings is 4. The molecule has 0 saturated carbocycles. The predicted octanol–water partition coefficient (Wildman–Crippen LogP) is 7.08. The lowest BCUT2D eigenvalue weighted by Crippen LogP contribution is -2.29. The van der Waals surface area contributed by atoms with Crippen molar-refractivity contribution in [2.24, 2.45) is 0 Å². The fourth-order valence-electron chi connectivity index (χ4n) is 4.09. The fourth-order valence-corrected chi connectivity index (χ4v) is 4.62. The van der Waals surface area contributed by atoms with Crippen molar-refractivity contribution in [1.29, 1.82) is 0 Å². The maximum atomic E-state index is 13.4. The van der Waals surface area contributed by atoms with Crippen LogP contribution in [-0.4, -0.2) is 28.9 Å². The number of amides is 4. The highest BCUT2D eigenvalue weighted by Crippen LogP contribution is 2.34. The summed E-state index contributed by atoms with van der Waals surface area (Å²) in [6, 6.07) is 24.2. The highest BCUT2D eigenvalue weighted by Gasteiger charge is 2.37. The second-order valence-electron chi connectivity index (χ2n) is 8.28. The van der Waals surface area contributed by atoms with Gasteiger partial charge in [0.25, 0.3) is 17.7 Å². The number of nitrogens with one attached hydrogen (secondary N) is 1. The van der Waals surface area contributed by atoms with E-state index in [-0.39, 0.29) is 28.4 Å². The molecule has 0 aliphatic carbocycles. The van der Waals surface area contributed by atoms with Crippen LogP contribution in [0.25, 0.3) is 0 Å². The van der Waals surface area contributed by atoms with Gasteiger partial charge >= 0.3 is 6.09 Å². The van der Waals surface area contributed by atoms with Crippen LogP contribution in [0.15, 0.2) is 99.9 Å². The summed E-state index contributed by atoms with van der Waals surface area (Å²) in [5.74, 6) is -1.48. The standard InChI is InChI=1S/C28H17Br2N3O5/c29-17-6-4-16(5-7-17)25(34)31-19-2-1-3-21(14-19)33-26(35)23-13-12-22(15-24(23)27(33)36)32(28(37)38)20-10-8-18(30)9-11-20/h1-15H,(H,31,34)(H,37,38). The highest BCUT2D eigenvalue weighted by atomic mass is 79.9. The van der Waals surface area contributed by atoms with Gasteiger partial charge in [-0.05, 0) is 84.9 Å². The van der Waals surface area contributed by atoms with Crippen LogP contribution in [0.1, 0.15) is 31.1 Å². The van der Waals surface area contributed by atoms with Gasteiger partial charge in [0, 0.05) is 20.2 Å². The number of hydrogen-bond acceptors (Lipinski definition) is 4. The summed E-state index contributed by atoms with van der Waals surface area (Å²) in [7, 11) is 0. The molecule has 10 heteroatoms. The molecule has 0 bridgehead atoms. The molecule has 0 unspecified atom stereocenters. The van der Waals surface area contributed by atoms with Gasteiger partial charge in [-0.2, -0.15) is 0 Å². The topological polar surface area (TPSA) is 107 Å². The summed E-state index contributed by atoms with van der Waals surface area (Å²) in [6.45, 7) is 0. The first-order chi connectivity index (χ1) is 18.2. The Morgan fingerprint density at radius 1 is 0.737 bits per heavy atom. The Balaban J connectivity index is 1.43. The molecule has 0 spiro atoms. The van der Waals surface area contributed by atoms with E-state index < -0.39 is 17.9 Å². The summed E-state index contributed by atoms with van der Waals surface area (Å²) in [6.07, 6.45) is -1.24. The monoisotopic (exact) mass is 633 g/mol. The Hall–Kier alpha value is -4.28. The number of rotatable bonds is 5. The second-order valence-corrected chi connectivity index (χ2v) is 10.1. The Labute approximate surface area is 233 Å². The van der Waals surface area contributed by atoms with E-state index >= 15 is 0 Å². The molecule has 0 radical (unpaired) electrons. The van der Waals surface area contributed by atoms with Crippen LogP contribution in [0.2, 0.25) is 0 Å². The lowest BCUT2D eigenvalue weighted by Gasteiger charge is -2.20. The molecule has 2 N–H and O–H groups in total. The van der Waals surface area contributed by atoms with E-state index in [4.69, 9.17) is 0 Å². The second kappa shape index (κ2) is 10.2. The molecule has 1 aliphatic rings. The zero-order chi connectivity index (χ0) is 27.0. The molecular formula is C28H17Br2N3O5. The molecule has 0 aromatic heterocycles. The van der Waals surface area contributed by atoms with Gasteiger partial charge in [-0.3, -0.25) is 14.4 Å². The summed E-state index contributed by atoms with van der Waals surface area (Å²) < 4.78 is 1.63. The molecule has 38 heavy (non-hydrogen) atoms. The van der Waals surface area contributed by atoms with E-state index in [1.54, 1.807) is 66.7 Å². The van der Waals surface area contributed by atoms with Gasteiger partial charge in [0.15, 0.2) is 0 Å². The van der Waals surface area contributed by atoms with Crippen molar-refractivity contribution in [2.75, 3.05) is 15.1 Å². The smallest absolute Gasteiger partial charge is 0.416 e. The summed E-state index contributed by atoms with van der Waals surface area (Å²) in [5.41, 5.74) is 1.96. The third-order valence-electron chi connectivity index (χ3n) is 5.87. The Morgan fingerprint density at radius 2 is 1.34 bits per heavy atom. The normalized spacial score (nSPS) is 12.3. The largest absolute Gasteiger partial charge is 0.464 e. The number of carbonyl (C=O) groups is 4. The van der Waals surface area contributed by atoms with E-state index in [1.165, 1.54) is 24.3 Å². The number of halogens is 2. The van der Waals surface area contributed by atoms with Crippen LogP contribution in [0.3, 0.4) is 0 Å². The molecule has 0 saturated heterocycles. The maximum absolute atomic E-state index is 13.4. The van der Waals surface area contributed by atoms with Crippen molar-refractivity contribution in [3.05, 3.63) is 117 Å². The van der Waals surface area contributed by atoms with Gasteiger partial charge in [-0.1, -0.05) is 37.9 Å². The van der Waals surface area contributed by atoms with E-state index in [9.17, 15) is 24.3 Å². The zero-order valence-corrected chi connectivity index (χ0v) is 22.6. The average Bonchev–Trinajstić information content (AvgIpc) is 3.15. The van der Waals surface area contributed by atoms with Crippen molar-refractivity contribution in [3.63, 3.8) is 0 Å². The maximum Gasteiger partial charge on any atom is 0.416 e. The fraction of sp³-hybridized carbons (Fsp3) is 0. The molecule has 8 nitrogen and oxygen atoms in total. The SMILES string of the molecule is O=C(Nc1cccc(N2C(=O)c3ccc(N(C(=O)O)c4ccc(Br)cc4)cc3C2=O)c1)c1ccc(Br)cc1. The molecule has 5 rings (SSSR count). The molecule has 1 aliphatic heterocycles. The van der Waals surface area contributed by atoms with Crippen LogP contribution in [0.4, 0.5) is 27.5 Å². The summed E-state index contributed by atoms with van der Waals surface area (Å²) in [5, 5.41) is 12.6. The first kappa shape index (κ1) is 25.4. The minimum atomic E-state index is -1.24. The van der Waals surface area contributed by atoms with Gasteiger partial charge < -0.3 is 10.4 Å². The van der Waals surface area contributed by atoms with Crippen molar-refractivity contribution in [2.45, 2.75) is 0 Å². The van der Waals surface area contributed by atoms with Crippen molar-refractivity contribution in [1.82, 2.24) is 0 Å². The Bertz CT molecular complexity index is 1600. The van der Waals surface area contributed by atoms with E-state index in [1.807, 2.05) is 0 Å². The molecule has 0 fully saturated rings. The third kappa shape index (κ3) is 4.83. The Kier molecular flexibility index (Phi) is 6.83. The van der Waals surface area contributed by atoms with Gasteiger partial charge in [0.2, 0.25) is 0 Å². The van der Waals surface area contributed by atoms with Crippen LogP contribution < -0.4 is 15.1 Å². The first-order valence-electron chi connectivity index (χ1n) is 11.2. The minimum Gasteiger partial charge on any atom is -0.464 e. The van der Waals surface area contributed by atoms with Crippen LogP contribution in [0.5, 0.6) is 0 Å². The lowest BCUT2D eigenvalue weighted by atomic mass is 10.1. The number of carboxylic acid groups (broad SMARTS) is 1. The first-order valence-corrected chi connectivity index (χ1v) is 12.8. The highest BCUT2D eigenvalue weighted by molar-refractivity contribution is 9.10. The van der Waals surface area contributed by atoms with Gasteiger partial charge in [0.05, 0.1) is 28.2 Å². The van der Waals surface area contributed by atoms with Gasteiger partial charge in [-0.25, -0.2) is 14.6 Å². The van der Waals surface area contributed by atoms with Gasteiger partial charge in [-0.15, -0.1) is 0 Å². The number of nitrogens with zero attached hydrogens (tertiary/aromatic N) is 2. The van der Waals surface area contributed by atoms with Crippen molar-refractivity contribution < 1.29 is 24.3 Å². The number of anilines is 4. The molecule has 4 aromatic carbocycles. The Morgan fingerprint density at radius 3 is 2.00 bits per heavy atom. The molecule has 188 valence electrons. The number of carbonyl (C=O) groups excluding carboxylic acids is 3. The molecular weight excluding hydrogens is 618 g/mol. The molecule has 4 aromatic rings. The number of fused-ring (bicyclic) bond motifs is 1. The molecule has 1 heterocycles. The van der Waals surface area contributed by atoms with Crippen LogP contribution in [-0.2, 0) is 0 Å². The number of hydrogen-bond donors (Lipinski definition) is 2. The number of imide groups is 1. The lowest BCUT2D eigenvalue weighted by molar-refractivity contribution is 0.0925. The van der Waals surface area contributed by atoms with E-state index in [0.717, 1.165) is 18.7 Å². The quantitative estimate of drug-likeness (QED) is 0.228. The molecule has 4 amide bonds. The van der Waals surface area contributed by atoms with E-state index in [0.29, 0.717) is 16.9 Å². The minimum absolute atomic E-state index is 0.0835. The van der Waals surface area contributed by atoms with E-state index in [2.05, 4.69) is 37.2 Å². The van der Waals surface area contributed by atoms with Crippen molar-refractivity contribution in [3.8, 4) is 0 Å². The van der Waals surface area contributed by atoms with Crippen molar-refractivity contribution >= 4 is 78.4 Å². The van der Waals surface area contributed by atoms with Crippen LogP contribution >= 0.6 is 31.9 Å². The predicted molar refractivity (Wildman–Crippen MR) is 150 cm³/mol. The van der Waals surface area contributed by atoms with Gasteiger partial charge in [0.1, 0.15) is 0 Å². The van der Waals surface area contributed by atoms with Crippen LogP contribution in [0, 0.1) is 0 Å². The summed E-state index contributed by atoms with van der Waals surface area (Å²) >= 11 is 6.66.